The van der Waals surface area contributed by atoms with Gasteiger partial charge in [0.2, 0.25) is 0 Å². The van der Waals surface area contributed by atoms with Gasteiger partial charge in [0.1, 0.15) is 5.75 Å². The molecule has 1 rings (SSSR count). The third-order valence-corrected chi connectivity index (χ3v) is 1.55. The van der Waals surface area contributed by atoms with Crippen LogP contribution in [0.2, 0.25) is 0 Å². The maximum atomic E-state index is 5.21. The van der Waals surface area contributed by atoms with Crippen LogP contribution < -0.4 is 4.74 Å². The van der Waals surface area contributed by atoms with Gasteiger partial charge in [0, 0.05) is 0 Å². The van der Waals surface area contributed by atoms with Gasteiger partial charge in [-0.2, -0.15) is 0 Å². The normalized spacial score (nSPS) is 9.00. The second-order valence-electron chi connectivity index (χ2n) is 2.39. The molecule has 0 unspecified atom stereocenters. The van der Waals surface area contributed by atoms with Crippen molar-refractivity contribution in [3.63, 3.8) is 0 Å². The zero-order valence-corrected chi connectivity index (χ0v) is 6.99. The average Bonchev–Trinajstić information content (AvgIpc) is 2.09. The summed E-state index contributed by atoms with van der Waals surface area (Å²) in [5.41, 5.74) is 1.13. The molecule has 62 valence electrons. The first kappa shape index (κ1) is 8.60. The van der Waals surface area contributed by atoms with Crippen molar-refractivity contribution in [2.24, 2.45) is 0 Å². The molecule has 0 N–H and O–H groups in total. The molecular formula is C11H12O. The van der Waals surface area contributed by atoms with Crippen molar-refractivity contribution in [1.29, 1.82) is 0 Å². The lowest BCUT2D eigenvalue weighted by Gasteiger charge is -2.04. The molecule has 0 saturated heterocycles. The molecule has 1 heteroatoms. The summed E-state index contributed by atoms with van der Waals surface area (Å²) in [5, 5.41) is 0. The van der Waals surface area contributed by atoms with E-state index in [1.54, 1.807) is 0 Å². The third kappa shape index (κ3) is 1.99. The van der Waals surface area contributed by atoms with Gasteiger partial charge in [0.05, 0.1) is 6.26 Å². The molecule has 12 heavy (non-hydrogen) atoms. The molecular weight excluding hydrogens is 148 g/mol. The van der Waals surface area contributed by atoms with Crippen molar-refractivity contribution in [3.8, 4) is 5.75 Å². The molecule has 0 atom stereocenters. The highest BCUT2D eigenvalue weighted by Crippen LogP contribution is 2.18. The maximum absolute atomic E-state index is 5.21. The van der Waals surface area contributed by atoms with Crippen molar-refractivity contribution in [3.05, 3.63) is 55.3 Å². The van der Waals surface area contributed by atoms with Gasteiger partial charge >= 0.3 is 0 Å². The summed E-state index contributed by atoms with van der Waals surface area (Å²) in [6, 6.07) is 7.85. The number of rotatable bonds is 4. The fourth-order valence-electron chi connectivity index (χ4n) is 1.03. The Kier molecular flexibility index (Phi) is 3.15. The van der Waals surface area contributed by atoms with E-state index in [9.17, 15) is 0 Å². The van der Waals surface area contributed by atoms with Crippen LogP contribution in [0.5, 0.6) is 5.75 Å². The second kappa shape index (κ2) is 4.39. The highest BCUT2D eigenvalue weighted by molar-refractivity contribution is 5.34. The van der Waals surface area contributed by atoms with Crippen LogP contribution >= 0.6 is 0 Å². The number of allylic oxidation sites excluding steroid dienone is 1. The average molecular weight is 160 g/mol. The molecule has 1 aromatic carbocycles. The second-order valence-corrected chi connectivity index (χ2v) is 2.39. The Morgan fingerprint density at radius 2 is 2.00 bits per heavy atom. The molecule has 1 nitrogen and oxygen atoms in total. The molecule has 0 spiro atoms. The Morgan fingerprint density at radius 3 is 2.67 bits per heavy atom. The molecule has 1 aromatic rings. The van der Waals surface area contributed by atoms with E-state index in [4.69, 9.17) is 4.74 Å². The Morgan fingerprint density at radius 1 is 1.25 bits per heavy atom. The summed E-state index contributed by atoms with van der Waals surface area (Å²) in [4.78, 5) is 0. The van der Waals surface area contributed by atoms with Gasteiger partial charge in [-0.15, -0.1) is 6.58 Å². The summed E-state index contributed by atoms with van der Waals surface area (Å²) >= 11 is 0. The number of benzene rings is 1. The molecule has 0 amide bonds. The zero-order chi connectivity index (χ0) is 8.81. The largest absolute Gasteiger partial charge is 0.465 e. The van der Waals surface area contributed by atoms with Crippen LogP contribution in [0.1, 0.15) is 5.56 Å². The smallest absolute Gasteiger partial charge is 0.129 e. The molecule has 0 bridgehead atoms. The molecule has 0 aromatic heterocycles. The quantitative estimate of drug-likeness (QED) is 0.486. The van der Waals surface area contributed by atoms with E-state index in [1.807, 2.05) is 30.3 Å². The SMILES string of the molecule is C=CCc1ccccc1OC=C. The van der Waals surface area contributed by atoms with Crippen LogP contribution in [0.25, 0.3) is 0 Å². The summed E-state index contributed by atoms with van der Waals surface area (Å²) in [6.45, 7) is 7.18. The number of para-hydroxylation sites is 1. The molecule has 0 heterocycles. The number of ether oxygens (including phenoxy) is 1. The van der Waals surface area contributed by atoms with Crippen LogP contribution in [-0.4, -0.2) is 0 Å². The molecule has 0 saturated carbocycles. The minimum atomic E-state index is 0.823. The maximum Gasteiger partial charge on any atom is 0.129 e. The van der Waals surface area contributed by atoms with Crippen molar-refractivity contribution in [2.75, 3.05) is 0 Å². The van der Waals surface area contributed by atoms with Crippen molar-refractivity contribution >= 4 is 0 Å². The lowest BCUT2D eigenvalue weighted by Crippen LogP contribution is -1.88. The zero-order valence-electron chi connectivity index (χ0n) is 6.99. The standard InChI is InChI=1S/C11H12O/c1-3-7-10-8-5-6-9-11(10)12-4-2/h3-6,8-9H,1-2,7H2. The van der Waals surface area contributed by atoms with Gasteiger partial charge < -0.3 is 4.74 Å². The highest BCUT2D eigenvalue weighted by Gasteiger charge is 1.97. The molecule has 0 radical (unpaired) electrons. The van der Waals surface area contributed by atoms with Gasteiger partial charge in [-0.25, -0.2) is 0 Å². The first-order valence-corrected chi connectivity index (χ1v) is 3.85. The van der Waals surface area contributed by atoms with Crippen molar-refractivity contribution in [1.82, 2.24) is 0 Å². The van der Waals surface area contributed by atoms with Crippen molar-refractivity contribution in [2.45, 2.75) is 6.42 Å². The van der Waals surface area contributed by atoms with E-state index >= 15 is 0 Å². The van der Waals surface area contributed by atoms with E-state index in [1.165, 1.54) is 6.26 Å². The fourth-order valence-corrected chi connectivity index (χ4v) is 1.03. The van der Waals surface area contributed by atoms with Gasteiger partial charge in [-0.3, -0.25) is 0 Å². The highest BCUT2D eigenvalue weighted by atomic mass is 16.5. The van der Waals surface area contributed by atoms with Crippen molar-refractivity contribution < 1.29 is 4.74 Å². The molecule has 0 aliphatic carbocycles. The summed E-state index contributed by atoms with van der Waals surface area (Å²) < 4.78 is 5.21. The first-order valence-electron chi connectivity index (χ1n) is 3.85. The van der Waals surface area contributed by atoms with E-state index in [0.29, 0.717) is 0 Å². The van der Waals surface area contributed by atoms with Crippen LogP contribution in [0.15, 0.2) is 49.8 Å². The minimum absolute atomic E-state index is 0.823. The Balaban J connectivity index is 2.90. The Labute approximate surface area is 73.0 Å². The molecule has 0 aliphatic heterocycles. The predicted octanol–water partition coefficient (Wildman–Crippen LogP) is 2.94. The fraction of sp³-hybridized carbons (Fsp3) is 0.0909. The minimum Gasteiger partial charge on any atom is -0.465 e. The van der Waals surface area contributed by atoms with Gasteiger partial charge in [-0.05, 0) is 18.1 Å². The third-order valence-electron chi connectivity index (χ3n) is 1.55. The van der Waals surface area contributed by atoms with Gasteiger partial charge in [0.25, 0.3) is 0 Å². The van der Waals surface area contributed by atoms with Crippen LogP contribution in [0.4, 0.5) is 0 Å². The summed E-state index contributed by atoms with van der Waals surface area (Å²) in [5.74, 6) is 0.854. The van der Waals surface area contributed by atoms with Crippen LogP contribution in [0, 0.1) is 0 Å². The topological polar surface area (TPSA) is 9.23 Å². The Bertz CT molecular complexity index is 247. The van der Waals surface area contributed by atoms with E-state index in [-0.39, 0.29) is 0 Å². The molecule has 0 fully saturated rings. The summed E-state index contributed by atoms with van der Waals surface area (Å²) in [7, 11) is 0. The van der Waals surface area contributed by atoms with Crippen LogP contribution in [-0.2, 0) is 6.42 Å². The number of hydrogen-bond donors (Lipinski definition) is 0. The lowest BCUT2D eigenvalue weighted by atomic mass is 10.1. The first-order chi connectivity index (χ1) is 5.88. The number of hydrogen-bond acceptors (Lipinski definition) is 1. The lowest BCUT2D eigenvalue weighted by molar-refractivity contribution is 0.478. The Hall–Kier alpha value is -1.50. The monoisotopic (exact) mass is 160 g/mol. The van der Waals surface area contributed by atoms with Gasteiger partial charge in [-0.1, -0.05) is 30.9 Å². The van der Waals surface area contributed by atoms with Crippen LogP contribution in [0.3, 0.4) is 0 Å². The van der Waals surface area contributed by atoms with E-state index < -0.39 is 0 Å². The van der Waals surface area contributed by atoms with E-state index in [2.05, 4.69) is 13.2 Å². The summed E-state index contributed by atoms with van der Waals surface area (Å²) in [6.07, 6.45) is 4.11. The predicted molar refractivity (Wildman–Crippen MR) is 51.2 cm³/mol. The van der Waals surface area contributed by atoms with E-state index in [0.717, 1.165) is 17.7 Å². The van der Waals surface area contributed by atoms with Gasteiger partial charge in [0.15, 0.2) is 0 Å². The molecule has 0 aliphatic rings.